The number of rotatable bonds is 3. The molecule has 0 aliphatic heterocycles. The van der Waals surface area contributed by atoms with Crippen LogP contribution in [0.25, 0.3) is 0 Å². The number of nitrogens with zero attached hydrogens (tertiary/aromatic N) is 1. The summed E-state index contributed by atoms with van der Waals surface area (Å²) in [6, 6.07) is 8.13. The molecule has 0 atom stereocenters. The van der Waals surface area contributed by atoms with Gasteiger partial charge in [-0.2, -0.15) is 0 Å². The maximum atomic E-state index is 13.0. The molecular weight excluding hydrogens is 205 g/mol. The van der Waals surface area contributed by atoms with E-state index >= 15 is 0 Å². The predicted molar refractivity (Wildman–Crippen MR) is 58.8 cm³/mol. The molecular formula is C13H10FNO. The molecule has 0 saturated carbocycles. The van der Waals surface area contributed by atoms with Gasteiger partial charge in [0.25, 0.3) is 0 Å². The highest BCUT2D eigenvalue weighted by molar-refractivity contribution is 5.76. The van der Waals surface area contributed by atoms with Crippen LogP contribution in [-0.2, 0) is 6.42 Å². The second-order valence-electron chi connectivity index (χ2n) is 3.50. The van der Waals surface area contributed by atoms with E-state index in [1.54, 1.807) is 18.3 Å². The zero-order chi connectivity index (χ0) is 11.4. The number of carbonyl (C=O) groups is 1. The van der Waals surface area contributed by atoms with Crippen LogP contribution < -0.4 is 0 Å². The number of aldehydes is 1. The highest BCUT2D eigenvalue weighted by Gasteiger charge is 2.03. The Balaban J connectivity index is 2.30. The third kappa shape index (κ3) is 2.31. The Morgan fingerprint density at radius 1 is 1.31 bits per heavy atom. The summed E-state index contributed by atoms with van der Waals surface area (Å²) in [4.78, 5) is 14.6. The van der Waals surface area contributed by atoms with Crippen LogP contribution >= 0.6 is 0 Å². The molecule has 0 bridgehead atoms. The van der Waals surface area contributed by atoms with Crippen LogP contribution in [0.1, 0.15) is 21.5 Å². The van der Waals surface area contributed by atoms with Crippen molar-refractivity contribution in [1.82, 2.24) is 4.98 Å². The van der Waals surface area contributed by atoms with Crippen molar-refractivity contribution in [1.29, 1.82) is 0 Å². The largest absolute Gasteiger partial charge is 0.298 e. The molecule has 0 saturated heterocycles. The normalized spacial score (nSPS) is 10.1. The maximum absolute atomic E-state index is 13.0. The number of pyridine rings is 1. The van der Waals surface area contributed by atoms with Gasteiger partial charge in [0.15, 0.2) is 6.29 Å². The zero-order valence-corrected chi connectivity index (χ0v) is 8.56. The molecule has 0 aliphatic carbocycles. The summed E-state index contributed by atoms with van der Waals surface area (Å²) in [6.45, 7) is 0. The number of benzene rings is 1. The molecule has 1 heterocycles. The highest BCUT2D eigenvalue weighted by Crippen LogP contribution is 2.12. The van der Waals surface area contributed by atoms with Gasteiger partial charge in [0.2, 0.25) is 0 Å². The Morgan fingerprint density at radius 3 is 2.94 bits per heavy atom. The minimum absolute atomic E-state index is 0.265. The van der Waals surface area contributed by atoms with Crippen molar-refractivity contribution >= 4 is 6.29 Å². The van der Waals surface area contributed by atoms with E-state index in [-0.39, 0.29) is 5.82 Å². The average molecular weight is 215 g/mol. The van der Waals surface area contributed by atoms with Crippen LogP contribution in [0.3, 0.4) is 0 Å². The van der Waals surface area contributed by atoms with E-state index in [0.717, 1.165) is 17.4 Å². The van der Waals surface area contributed by atoms with E-state index in [2.05, 4.69) is 4.98 Å². The Bertz CT molecular complexity index is 511. The number of carbonyl (C=O) groups excluding carboxylic acids is 1. The molecule has 2 aromatic rings. The minimum atomic E-state index is -0.265. The maximum Gasteiger partial charge on any atom is 0.151 e. The number of aromatic nitrogens is 1. The first-order chi connectivity index (χ1) is 7.79. The van der Waals surface area contributed by atoms with Crippen LogP contribution in [0.15, 0.2) is 42.7 Å². The molecule has 0 spiro atoms. The van der Waals surface area contributed by atoms with Gasteiger partial charge < -0.3 is 0 Å². The predicted octanol–water partition coefficient (Wildman–Crippen LogP) is 2.62. The number of halogens is 1. The highest BCUT2D eigenvalue weighted by atomic mass is 19.1. The first-order valence-corrected chi connectivity index (χ1v) is 4.92. The molecule has 0 amide bonds. The fraction of sp³-hybridized carbons (Fsp3) is 0.0769. The molecule has 1 aromatic carbocycles. The first kappa shape index (κ1) is 10.5. The van der Waals surface area contributed by atoms with Gasteiger partial charge in [-0.25, -0.2) is 4.39 Å². The van der Waals surface area contributed by atoms with Gasteiger partial charge in [-0.15, -0.1) is 0 Å². The monoisotopic (exact) mass is 215 g/mol. The van der Waals surface area contributed by atoms with Crippen LogP contribution in [0.4, 0.5) is 4.39 Å². The number of hydrogen-bond acceptors (Lipinski definition) is 2. The Labute approximate surface area is 92.8 Å². The SMILES string of the molecule is O=Cc1cnccc1Cc1cccc(F)c1. The van der Waals surface area contributed by atoms with Crippen molar-refractivity contribution in [2.75, 3.05) is 0 Å². The van der Waals surface area contributed by atoms with Crippen molar-refractivity contribution < 1.29 is 9.18 Å². The molecule has 3 heteroatoms. The van der Waals surface area contributed by atoms with Crippen molar-refractivity contribution in [3.8, 4) is 0 Å². The van der Waals surface area contributed by atoms with Gasteiger partial charge >= 0.3 is 0 Å². The molecule has 2 rings (SSSR count). The van der Waals surface area contributed by atoms with Crippen LogP contribution in [0.5, 0.6) is 0 Å². The lowest BCUT2D eigenvalue weighted by molar-refractivity contribution is 0.112. The summed E-state index contributed by atoms with van der Waals surface area (Å²) < 4.78 is 13.0. The van der Waals surface area contributed by atoms with Gasteiger partial charge in [-0.1, -0.05) is 12.1 Å². The molecule has 0 aliphatic rings. The van der Waals surface area contributed by atoms with Crippen molar-refractivity contribution in [2.45, 2.75) is 6.42 Å². The van der Waals surface area contributed by atoms with Crippen molar-refractivity contribution in [3.05, 3.63) is 65.2 Å². The standard InChI is InChI=1S/C13H10FNO/c14-13-3-1-2-10(7-13)6-11-4-5-15-8-12(11)9-16/h1-5,7-9H,6H2. The lowest BCUT2D eigenvalue weighted by Gasteiger charge is -2.04. The Kier molecular flexibility index (Phi) is 3.05. The molecule has 16 heavy (non-hydrogen) atoms. The molecule has 80 valence electrons. The summed E-state index contributed by atoms with van der Waals surface area (Å²) in [5.41, 5.74) is 2.25. The fourth-order valence-corrected chi connectivity index (χ4v) is 1.57. The van der Waals surface area contributed by atoms with Crippen molar-refractivity contribution in [3.63, 3.8) is 0 Å². The third-order valence-corrected chi connectivity index (χ3v) is 2.36. The third-order valence-electron chi connectivity index (χ3n) is 2.36. The van der Waals surface area contributed by atoms with Gasteiger partial charge in [-0.05, 0) is 35.7 Å². The Hall–Kier alpha value is -2.03. The summed E-state index contributed by atoms with van der Waals surface area (Å²) in [7, 11) is 0. The van der Waals surface area contributed by atoms with Gasteiger partial charge in [-0.3, -0.25) is 9.78 Å². The molecule has 2 nitrogen and oxygen atoms in total. The van der Waals surface area contributed by atoms with Crippen molar-refractivity contribution in [2.24, 2.45) is 0 Å². The lowest BCUT2D eigenvalue weighted by atomic mass is 10.0. The quantitative estimate of drug-likeness (QED) is 0.737. The summed E-state index contributed by atoms with van der Waals surface area (Å²) in [5, 5.41) is 0. The van der Waals surface area contributed by atoms with Gasteiger partial charge in [0, 0.05) is 18.0 Å². The molecule has 0 radical (unpaired) electrons. The zero-order valence-electron chi connectivity index (χ0n) is 8.56. The van der Waals surface area contributed by atoms with Crippen LogP contribution in [-0.4, -0.2) is 11.3 Å². The second-order valence-corrected chi connectivity index (χ2v) is 3.50. The minimum Gasteiger partial charge on any atom is -0.298 e. The van der Waals surface area contributed by atoms with Gasteiger partial charge in [0.05, 0.1) is 0 Å². The van der Waals surface area contributed by atoms with E-state index in [9.17, 15) is 9.18 Å². The summed E-state index contributed by atoms with van der Waals surface area (Å²) >= 11 is 0. The van der Waals surface area contributed by atoms with E-state index in [0.29, 0.717) is 12.0 Å². The van der Waals surface area contributed by atoms with E-state index < -0.39 is 0 Å². The van der Waals surface area contributed by atoms with E-state index in [4.69, 9.17) is 0 Å². The molecule has 0 N–H and O–H groups in total. The van der Waals surface area contributed by atoms with Gasteiger partial charge in [0.1, 0.15) is 5.82 Å². The average Bonchev–Trinajstić information content (AvgIpc) is 2.30. The smallest absolute Gasteiger partial charge is 0.151 e. The van der Waals surface area contributed by atoms with E-state index in [1.165, 1.54) is 18.3 Å². The topological polar surface area (TPSA) is 30.0 Å². The lowest BCUT2D eigenvalue weighted by Crippen LogP contribution is -1.95. The van der Waals surface area contributed by atoms with Crippen LogP contribution in [0, 0.1) is 5.82 Å². The summed E-state index contributed by atoms with van der Waals surface area (Å²) in [5.74, 6) is -0.265. The second kappa shape index (κ2) is 4.66. The summed E-state index contributed by atoms with van der Waals surface area (Å²) in [6.07, 6.45) is 4.44. The molecule has 1 aromatic heterocycles. The van der Waals surface area contributed by atoms with Crippen LogP contribution in [0.2, 0.25) is 0 Å². The molecule has 0 fully saturated rings. The fourth-order valence-electron chi connectivity index (χ4n) is 1.57. The van der Waals surface area contributed by atoms with E-state index in [1.807, 2.05) is 6.07 Å². The molecule has 0 unspecified atom stereocenters. The Morgan fingerprint density at radius 2 is 2.19 bits per heavy atom. The first-order valence-electron chi connectivity index (χ1n) is 4.92. The number of hydrogen-bond donors (Lipinski definition) is 0.